The maximum atomic E-state index is 13.5. The van der Waals surface area contributed by atoms with Crippen LogP contribution in [-0.4, -0.2) is 22.2 Å². The summed E-state index contributed by atoms with van der Waals surface area (Å²) in [5.41, 5.74) is -1.27. The predicted octanol–water partition coefficient (Wildman–Crippen LogP) is 2.18. The number of aromatic hydroxyl groups is 1. The average Bonchev–Trinajstić information content (AvgIpc) is 2.46. The zero-order valence-electron chi connectivity index (χ0n) is 11.4. The highest BCUT2D eigenvalue weighted by Crippen LogP contribution is 2.28. The fourth-order valence-electron chi connectivity index (χ4n) is 2.09. The summed E-state index contributed by atoms with van der Waals surface area (Å²) in [7, 11) is 0. The molecule has 0 aliphatic heterocycles. The van der Waals surface area contributed by atoms with Crippen molar-refractivity contribution in [2.75, 3.05) is 6.61 Å². The summed E-state index contributed by atoms with van der Waals surface area (Å²) in [4.78, 5) is 24.0. The molecular weight excluding hydrogens is 284 g/mol. The largest absolute Gasteiger partial charge is 0.503 e. The van der Waals surface area contributed by atoms with Crippen molar-refractivity contribution in [2.45, 2.75) is 20.4 Å². The molecule has 1 aromatic heterocycles. The summed E-state index contributed by atoms with van der Waals surface area (Å²) in [5.74, 6) is -4.61. The molecule has 0 atom stereocenters. The molecule has 0 radical (unpaired) electrons. The minimum atomic E-state index is -1.44. The van der Waals surface area contributed by atoms with E-state index < -0.39 is 28.8 Å². The van der Waals surface area contributed by atoms with Gasteiger partial charge in [-0.05, 0) is 19.9 Å². The van der Waals surface area contributed by atoms with Crippen molar-refractivity contribution < 1.29 is 23.4 Å². The van der Waals surface area contributed by atoms with Gasteiger partial charge >= 0.3 is 5.97 Å². The van der Waals surface area contributed by atoms with Crippen molar-refractivity contribution >= 4 is 16.9 Å². The van der Waals surface area contributed by atoms with E-state index in [0.717, 1.165) is 0 Å². The Morgan fingerprint density at radius 1 is 1.38 bits per heavy atom. The molecule has 2 rings (SSSR count). The third kappa shape index (κ3) is 2.35. The van der Waals surface area contributed by atoms with Gasteiger partial charge in [-0.3, -0.25) is 4.79 Å². The highest BCUT2D eigenvalue weighted by atomic mass is 19.2. The molecule has 0 aliphatic rings. The van der Waals surface area contributed by atoms with Gasteiger partial charge in [0, 0.05) is 12.7 Å². The number of rotatable bonds is 3. The minimum Gasteiger partial charge on any atom is -0.503 e. The number of carbonyl (C=O) groups excluding carboxylic acids is 1. The number of phenols is 1. The standard InChI is InChI=1S/C14H13F2NO4/c1-3-17-6-8(14(20)21-4-2)12(18)7-5-9(15)10(16)13(19)11(7)17/h5-6,19H,3-4H2,1-2H3. The van der Waals surface area contributed by atoms with E-state index in [9.17, 15) is 23.5 Å². The first-order chi connectivity index (χ1) is 9.92. The van der Waals surface area contributed by atoms with Crippen LogP contribution in [-0.2, 0) is 11.3 Å². The molecule has 0 spiro atoms. The van der Waals surface area contributed by atoms with E-state index in [1.165, 1.54) is 10.8 Å². The zero-order valence-corrected chi connectivity index (χ0v) is 11.4. The number of pyridine rings is 1. The number of hydrogen-bond acceptors (Lipinski definition) is 4. The first kappa shape index (κ1) is 15.0. The normalized spacial score (nSPS) is 10.9. The van der Waals surface area contributed by atoms with Crippen molar-refractivity contribution in [2.24, 2.45) is 0 Å². The van der Waals surface area contributed by atoms with Gasteiger partial charge in [0.2, 0.25) is 11.2 Å². The topological polar surface area (TPSA) is 68.5 Å². The molecule has 0 saturated carbocycles. The lowest BCUT2D eigenvalue weighted by atomic mass is 10.1. The van der Waals surface area contributed by atoms with E-state index in [2.05, 4.69) is 0 Å². The van der Waals surface area contributed by atoms with Crippen LogP contribution in [0.25, 0.3) is 10.9 Å². The van der Waals surface area contributed by atoms with Gasteiger partial charge in [-0.25, -0.2) is 9.18 Å². The van der Waals surface area contributed by atoms with Crippen molar-refractivity contribution in [3.05, 3.63) is 39.7 Å². The quantitative estimate of drug-likeness (QED) is 0.882. The van der Waals surface area contributed by atoms with Crippen molar-refractivity contribution in [1.82, 2.24) is 4.57 Å². The van der Waals surface area contributed by atoms with Gasteiger partial charge in [0.25, 0.3) is 0 Å². The molecule has 5 nitrogen and oxygen atoms in total. The number of phenolic OH excluding ortho intramolecular Hbond substituents is 1. The van der Waals surface area contributed by atoms with Crippen LogP contribution in [0, 0.1) is 11.6 Å². The lowest BCUT2D eigenvalue weighted by Crippen LogP contribution is -2.21. The Morgan fingerprint density at radius 2 is 2.05 bits per heavy atom. The Labute approximate surface area is 118 Å². The number of carbonyl (C=O) groups is 1. The smallest absolute Gasteiger partial charge is 0.343 e. The molecule has 7 heteroatoms. The Hall–Kier alpha value is -2.44. The van der Waals surface area contributed by atoms with E-state index in [0.29, 0.717) is 6.07 Å². The summed E-state index contributed by atoms with van der Waals surface area (Å²) in [6, 6.07) is 0.668. The number of halogens is 2. The van der Waals surface area contributed by atoms with Crippen LogP contribution in [0.4, 0.5) is 8.78 Å². The third-order valence-corrected chi connectivity index (χ3v) is 3.07. The van der Waals surface area contributed by atoms with Gasteiger partial charge in [0.05, 0.1) is 17.5 Å². The number of hydrogen-bond donors (Lipinski definition) is 1. The first-order valence-electron chi connectivity index (χ1n) is 6.33. The summed E-state index contributed by atoms with van der Waals surface area (Å²) in [5, 5.41) is 9.44. The molecular formula is C14H13F2NO4. The molecule has 0 bridgehead atoms. The molecule has 0 unspecified atom stereocenters. The highest BCUT2D eigenvalue weighted by molar-refractivity contribution is 5.95. The molecule has 21 heavy (non-hydrogen) atoms. The first-order valence-corrected chi connectivity index (χ1v) is 6.33. The number of aryl methyl sites for hydroxylation is 1. The molecule has 0 aliphatic carbocycles. The van der Waals surface area contributed by atoms with Crippen molar-refractivity contribution in [3.8, 4) is 5.75 Å². The van der Waals surface area contributed by atoms with E-state index in [4.69, 9.17) is 4.74 Å². The fourth-order valence-corrected chi connectivity index (χ4v) is 2.09. The van der Waals surface area contributed by atoms with Crippen LogP contribution in [0.2, 0.25) is 0 Å². The second-order valence-electron chi connectivity index (χ2n) is 4.30. The van der Waals surface area contributed by atoms with Crippen LogP contribution >= 0.6 is 0 Å². The van der Waals surface area contributed by atoms with Crippen LogP contribution in [0.1, 0.15) is 24.2 Å². The van der Waals surface area contributed by atoms with Crippen LogP contribution in [0.15, 0.2) is 17.1 Å². The maximum absolute atomic E-state index is 13.5. The Balaban J connectivity index is 2.90. The number of benzene rings is 1. The lowest BCUT2D eigenvalue weighted by Gasteiger charge is -2.13. The van der Waals surface area contributed by atoms with E-state index in [1.54, 1.807) is 13.8 Å². The number of esters is 1. The van der Waals surface area contributed by atoms with Gasteiger partial charge in [-0.2, -0.15) is 4.39 Å². The van der Waals surface area contributed by atoms with Crippen LogP contribution in [0.3, 0.4) is 0 Å². The molecule has 2 aromatic rings. The van der Waals surface area contributed by atoms with Crippen molar-refractivity contribution in [1.29, 1.82) is 0 Å². The lowest BCUT2D eigenvalue weighted by molar-refractivity contribution is 0.0524. The minimum absolute atomic E-state index is 0.0749. The molecule has 1 heterocycles. The average molecular weight is 297 g/mol. The van der Waals surface area contributed by atoms with Gasteiger partial charge in [0.1, 0.15) is 5.56 Å². The second kappa shape index (κ2) is 5.51. The predicted molar refractivity (Wildman–Crippen MR) is 71.4 cm³/mol. The number of ether oxygens (including phenoxy) is 1. The molecule has 1 aromatic carbocycles. The van der Waals surface area contributed by atoms with Crippen LogP contribution in [0.5, 0.6) is 5.75 Å². The second-order valence-corrected chi connectivity index (χ2v) is 4.30. The van der Waals surface area contributed by atoms with E-state index >= 15 is 0 Å². The van der Waals surface area contributed by atoms with Crippen LogP contribution < -0.4 is 5.43 Å². The maximum Gasteiger partial charge on any atom is 0.343 e. The Kier molecular flexibility index (Phi) is 3.93. The third-order valence-electron chi connectivity index (χ3n) is 3.07. The summed E-state index contributed by atoms with van der Waals surface area (Å²) >= 11 is 0. The highest BCUT2D eigenvalue weighted by Gasteiger charge is 2.21. The van der Waals surface area contributed by atoms with Gasteiger partial charge in [-0.1, -0.05) is 0 Å². The van der Waals surface area contributed by atoms with Gasteiger partial charge < -0.3 is 14.4 Å². The van der Waals surface area contributed by atoms with E-state index in [1.807, 2.05) is 0 Å². The molecule has 112 valence electrons. The molecule has 1 N–H and O–H groups in total. The molecule has 0 saturated heterocycles. The summed E-state index contributed by atoms with van der Waals surface area (Å²) in [6.45, 7) is 3.56. The zero-order chi connectivity index (χ0) is 15.7. The van der Waals surface area contributed by atoms with E-state index in [-0.39, 0.29) is 29.6 Å². The summed E-state index contributed by atoms with van der Waals surface area (Å²) < 4.78 is 32.9. The van der Waals surface area contributed by atoms with Gasteiger partial charge in [0.15, 0.2) is 11.6 Å². The van der Waals surface area contributed by atoms with Gasteiger partial charge in [-0.15, -0.1) is 0 Å². The molecule has 0 amide bonds. The monoisotopic (exact) mass is 297 g/mol. The Morgan fingerprint density at radius 3 is 2.62 bits per heavy atom. The SMILES string of the molecule is CCOC(=O)c1cn(CC)c2c(O)c(F)c(F)cc2c1=O. The number of nitrogens with zero attached hydrogens (tertiary/aromatic N) is 1. The number of fused-ring (bicyclic) bond motifs is 1. The summed E-state index contributed by atoms with van der Waals surface area (Å²) in [6.07, 6.45) is 1.17. The number of aromatic nitrogens is 1. The van der Waals surface area contributed by atoms with Crippen molar-refractivity contribution in [3.63, 3.8) is 0 Å². The fraction of sp³-hybridized carbons (Fsp3) is 0.286. The Bertz CT molecular complexity index is 783. The molecule has 0 fully saturated rings.